The molecule has 0 saturated carbocycles. The van der Waals surface area contributed by atoms with Gasteiger partial charge in [-0.1, -0.05) is 94.8 Å². The molecule has 5 unspecified atom stereocenters. The maximum atomic E-state index is 13.6. The van der Waals surface area contributed by atoms with Gasteiger partial charge in [-0.2, -0.15) is 0 Å². The van der Waals surface area contributed by atoms with Gasteiger partial charge >= 0.3 is 5.97 Å². The largest absolute Gasteiger partial charge is 0.480 e. The second-order valence-corrected chi connectivity index (χ2v) is 10.4. The number of amides is 3. The van der Waals surface area contributed by atoms with Gasteiger partial charge in [-0.3, -0.25) is 14.4 Å². The summed E-state index contributed by atoms with van der Waals surface area (Å²) in [5.74, 6) is -2.82. The van der Waals surface area contributed by atoms with Crippen molar-refractivity contribution in [2.45, 2.75) is 77.5 Å². The molecule has 5 atom stereocenters. The highest BCUT2D eigenvalue weighted by molar-refractivity contribution is 5.94. The second-order valence-electron chi connectivity index (χ2n) is 10.4. The van der Waals surface area contributed by atoms with Gasteiger partial charge < -0.3 is 26.8 Å². The number of rotatable bonds is 15. The van der Waals surface area contributed by atoms with Crippen LogP contribution in [-0.4, -0.2) is 53.0 Å². The van der Waals surface area contributed by atoms with Crippen molar-refractivity contribution in [2.75, 3.05) is 0 Å². The standard InChI is InChI=1S/C30H42N4O5/c1-5-20(4)26(31)29(37)33-24(18-22-14-10-7-11-15-22)27(35)32-23(17-21-12-8-6-9-13-21)28(36)34-25(30(38)39)16-19(2)3/h6-15,19-20,23-26H,5,16-18,31H2,1-4H3,(H,32,35)(H,33,37)(H,34,36)(H,38,39). The van der Waals surface area contributed by atoms with Gasteiger partial charge in [0.2, 0.25) is 17.7 Å². The summed E-state index contributed by atoms with van der Waals surface area (Å²) in [4.78, 5) is 51.6. The molecule has 2 aromatic rings. The molecule has 0 radical (unpaired) electrons. The van der Waals surface area contributed by atoms with E-state index in [1.165, 1.54) is 0 Å². The third-order valence-corrected chi connectivity index (χ3v) is 6.71. The van der Waals surface area contributed by atoms with Crippen molar-refractivity contribution in [3.8, 4) is 0 Å². The minimum Gasteiger partial charge on any atom is -0.480 e. The summed E-state index contributed by atoms with van der Waals surface area (Å²) in [7, 11) is 0. The van der Waals surface area contributed by atoms with Crippen LogP contribution >= 0.6 is 0 Å². The smallest absolute Gasteiger partial charge is 0.326 e. The van der Waals surface area contributed by atoms with E-state index in [1.807, 2.05) is 88.4 Å². The molecule has 2 rings (SSSR count). The molecule has 9 heteroatoms. The Bertz CT molecular complexity index is 1080. The van der Waals surface area contributed by atoms with Crippen LogP contribution in [0.1, 0.15) is 51.7 Å². The van der Waals surface area contributed by atoms with E-state index in [0.29, 0.717) is 6.42 Å². The van der Waals surface area contributed by atoms with Gasteiger partial charge in [-0.15, -0.1) is 0 Å². The molecule has 9 nitrogen and oxygen atoms in total. The van der Waals surface area contributed by atoms with Gasteiger partial charge in [0.15, 0.2) is 0 Å². The summed E-state index contributed by atoms with van der Waals surface area (Å²) < 4.78 is 0. The number of nitrogens with one attached hydrogen (secondary N) is 3. The van der Waals surface area contributed by atoms with Gasteiger partial charge in [0.25, 0.3) is 0 Å². The Morgan fingerprint density at radius 2 is 1.13 bits per heavy atom. The Morgan fingerprint density at radius 3 is 1.51 bits per heavy atom. The summed E-state index contributed by atoms with van der Waals surface area (Å²) in [6, 6.07) is 14.4. The first kappa shape index (κ1) is 31.5. The van der Waals surface area contributed by atoms with E-state index in [0.717, 1.165) is 11.1 Å². The quantitative estimate of drug-likeness (QED) is 0.235. The van der Waals surface area contributed by atoms with Gasteiger partial charge in [-0.25, -0.2) is 4.79 Å². The fraction of sp³-hybridized carbons (Fsp3) is 0.467. The molecule has 0 saturated heterocycles. The average molecular weight is 539 g/mol. The summed E-state index contributed by atoms with van der Waals surface area (Å²) in [6.07, 6.45) is 1.28. The highest BCUT2D eigenvalue weighted by Gasteiger charge is 2.31. The van der Waals surface area contributed by atoms with Crippen LogP contribution < -0.4 is 21.7 Å². The number of carboxylic acids is 1. The van der Waals surface area contributed by atoms with E-state index in [1.54, 1.807) is 0 Å². The lowest BCUT2D eigenvalue weighted by molar-refractivity contribution is -0.142. The van der Waals surface area contributed by atoms with Gasteiger partial charge in [-0.05, 0) is 29.4 Å². The fourth-order valence-electron chi connectivity index (χ4n) is 4.14. The molecule has 3 amide bonds. The number of benzene rings is 2. The molecular formula is C30H42N4O5. The van der Waals surface area contributed by atoms with Crippen LogP contribution in [0.2, 0.25) is 0 Å². The van der Waals surface area contributed by atoms with E-state index >= 15 is 0 Å². The highest BCUT2D eigenvalue weighted by Crippen LogP contribution is 2.11. The lowest BCUT2D eigenvalue weighted by atomic mass is 9.98. The molecule has 2 aromatic carbocycles. The van der Waals surface area contributed by atoms with Crippen molar-refractivity contribution in [3.63, 3.8) is 0 Å². The van der Waals surface area contributed by atoms with Gasteiger partial charge in [0.05, 0.1) is 6.04 Å². The van der Waals surface area contributed by atoms with Crippen LogP contribution in [0.3, 0.4) is 0 Å². The van der Waals surface area contributed by atoms with Crippen LogP contribution in [0.5, 0.6) is 0 Å². The Balaban J connectivity index is 2.31. The Hall–Kier alpha value is -3.72. The molecule has 0 aromatic heterocycles. The molecule has 6 N–H and O–H groups in total. The molecular weight excluding hydrogens is 496 g/mol. The van der Waals surface area contributed by atoms with Gasteiger partial charge in [0, 0.05) is 12.8 Å². The second kappa shape index (κ2) is 15.6. The predicted molar refractivity (Wildman–Crippen MR) is 151 cm³/mol. The topological polar surface area (TPSA) is 151 Å². The number of nitrogens with two attached hydrogens (primary N) is 1. The molecule has 0 fully saturated rings. The first-order chi connectivity index (χ1) is 18.5. The predicted octanol–water partition coefficient (Wildman–Crippen LogP) is 2.43. The highest BCUT2D eigenvalue weighted by atomic mass is 16.4. The Morgan fingerprint density at radius 1 is 0.718 bits per heavy atom. The van der Waals surface area contributed by atoms with Crippen molar-refractivity contribution in [1.82, 2.24) is 16.0 Å². The third kappa shape index (κ3) is 10.5. The van der Waals surface area contributed by atoms with E-state index < -0.39 is 47.9 Å². The zero-order valence-corrected chi connectivity index (χ0v) is 23.2. The molecule has 0 aliphatic carbocycles. The molecule has 0 bridgehead atoms. The number of hydrogen-bond acceptors (Lipinski definition) is 5. The van der Waals surface area contributed by atoms with Crippen molar-refractivity contribution >= 4 is 23.7 Å². The Labute approximate surface area is 230 Å². The van der Waals surface area contributed by atoms with E-state index in [2.05, 4.69) is 16.0 Å². The fourth-order valence-corrected chi connectivity index (χ4v) is 4.14. The summed E-state index contributed by atoms with van der Waals surface area (Å²) >= 11 is 0. The lowest BCUT2D eigenvalue weighted by Crippen LogP contribution is -2.58. The lowest BCUT2D eigenvalue weighted by Gasteiger charge is -2.26. The van der Waals surface area contributed by atoms with Crippen LogP contribution in [-0.2, 0) is 32.0 Å². The van der Waals surface area contributed by atoms with Crippen molar-refractivity contribution in [1.29, 1.82) is 0 Å². The molecule has 212 valence electrons. The van der Waals surface area contributed by atoms with Crippen LogP contribution in [0.15, 0.2) is 60.7 Å². The van der Waals surface area contributed by atoms with Crippen molar-refractivity contribution < 1.29 is 24.3 Å². The normalized spacial score (nSPS) is 14.9. The minimum absolute atomic E-state index is 0.0359. The van der Waals surface area contributed by atoms with Crippen LogP contribution in [0.4, 0.5) is 0 Å². The Kier molecular flexibility index (Phi) is 12.6. The summed E-state index contributed by atoms with van der Waals surface area (Å²) in [5, 5.41) is 17.8. The average Bonchev–Trinajstić information content (AvgIpc) is 2.91. The first-order valence-electron chi connectivity index (χ1n) is 13.5. The maximum Gasteiger partial charge on any atom is 0.326 e. The molecule has 39 heavy (non-hydrogen) atoms. The number of aliphatic carboxylic acids is 1. The van der Waals surface area contributed by atoms with E-state index in [9.17, 15) is 24.3 Å². The van der Waals surface area contributed by atoms with Crippen molar-refractivity contribution in [2.24, 2.45) is 17.6 Å². The number of hydrogen-bond donors (Lipinski definition) is 5. The summed E-state index contributed by atoms with van der Waals surface area (Å²) in [5.41, 5.74) is 7.73. The third-order valence-electron chi connectivity index (χ3n) is 6.71. The van der Waals surface area contributed by atoms with Gasteiger partial charge in [0.1, 0.15) is 18.1 Å². The molecule has 0 spiro atoms. The van der Waals surface area contributed by atoms with Crippen LogP contribution in [0.25, 0.3) is 0 Å². The van der Waals surface area contributed by atoms with E-state index in [4.69, 9.17) is 5.73 Å². The number of carbonyl (C=O) groups excluding carboxylic acids is 3. The first-order valence-corrected chi connectivity index (χ1v) is 13.5. The van der Waals surface area contributed by atoms with Crippen molar-refractivity contribution in [3.05, 3.63) is 71.8 Å². The number of carboxylic acid groups (broad SMARTS) is 1. The summed E-state index contributed by atoms with van der Waals surface area (Å²) in [6.45, 7) is 7.54. The van der Waals surface area contributed by atoms with E-state index in [-0.39, 0.29) is 31.1 Å². The molecule has 0 heterocycles. The monoisotopic (exact) mass is 538 g/mol. The van der Waals surface area contributed by atoms with Crippen LogP contribution in [0, 0.1) is 11.8 Å². The number of carbonyl (C=O) groups is 4. The zero-order valence-electron chi connectivity index (χ0n) is 23.2. The SMILES string of the molecule is CCC(C)C(N)C(=O)NC(Cc1ccccc1)C(=O)NC(Cc1ccccc1)C(=O)NC(CC(C)C)C(=O)O. The zero-order chi connectivity index (χ0) is 28.9. The minimum atomic E-state index is -1.14. The molecule has 0 aliphatic rings. The molecule has 0 aliphatic heterocycles. The maximum absolute atomic E-state index is 13.6.